The standard InChI is InChI=1S/C28H27NO2/c1-21(30)29-27(2)25(22-13-7-4-8-14-22)19-28(31-3,24-17-11-6-12-18-24)20-26(27)23-15-9-5-10-16-23/h4-20H,1-3H3,(H,29,30). The lowest BCUT2D eigenvalue weighted by molar-refractivity contribution is -0.119. The van der Waals surface area contributed by atoms with Gasteiger partial charge in [0.25, 0.3) is 0 Å². The fraction of sp³-hybridized carbons (Fsp3) is 0.179. The number of rotatable bonds is 5. The number of nitrogens with one attached hydrogen (secondary N) is 1. The summed E-state index contributed by atoms with van der Waals surface area (Å²) in [5.74, 6) is -0.0872. The van der Waals surface area contributed by atoms with Gasteiger partial charge in [-0.15, -0.1) is 0 Å². The lowest BCUT2D eigenvalue weighted by Crippen LogP contribution is -2.50. The molecule has 0 spiro atoms. The molecule has 0 atom stereocenters. The van der Waals surface area contributed by atoms with Crippen molar-refractivity contribution in [3.8, 4) is 0 Å². The molecule has 4 rings (SSSR count). The highest BCUT2D eigenvalue weighted by Crippen LogP contribution is 2.48. The molecule has 1 amide bonds. The van der Waals surface area contributed by atoms with Crippen molar-refractivity contribution in [1.82, 2.24) is 5.32 Å². The topological polar surface area (TPSA) is 38.3 Å². The van der Waals surface area contributed by atoms with Crippen LogP contribution in [0.15, 0.2) is 103 Å². The monoisotopic (exact) mass is 409 g/mol. The van der Waals surface area contributed by atoms with Gasteiger partial charge in [-0.25, -0.2) is 0 Å². The Morgan fingerprint density at radius 1 is 0.742 bits per heavy atom. The first-order valence-corrected chi connectivity index (χ1v) is 10.5. The zero-order valence-corrected chi connectivity index (χ0v) is 18.1. The van der Waals surface area contributed by atoms with Crippen molar-refractivity contribution in [1.29, 1.82) is 0 Å². The molecule has 3 aromatic rings. The maximum absolute atomic E-state index is 12.4. The lowest BCUT2D eigenvalue weighted by Gasteiger charge is -2.44. The molecule has 0 fully saturated rings. The molecule has 1 aliphatic rings. The molecule has 0 saturated heterocycles. The third-order valence-corrected chi connectivity index (χ3v) is 5.95. The van der Waals surface area contributed by atoms with Gasteiger partial charge in [0.15, 0.2) is 0 Å². The molecule has 0 bridgehead atoms. The average molecular weight is 410 g/mol. The molecule has 3 nitrogen and oxygen atoms in total. The molecule has 0 aliphatic heterocycles. The lowest BCUT2D eigenvalue weighted by atomic mass is 9.69. The van der Waals surface area contributed by atoms with Crippen molar-refractivity contribution >= 4 is 17.1 Å². The second-order valence-corrected chi connectivity index (χ2v) is 8.02. The van der Waals surface area contributed by atoms with Crippen LogP contribution in [0, 0.1) is 0 Å². The van der Waals surface area contributed by atoms with E-state index in [-0.39, 0.29) is 5.91 Å². The van der Waals surface area contributed by atoms with E-state index in [9.17, 15) is 4.79 Å². The van der Waals surface area contributed by atoms with E-state index < -0.39 is 11.1 Å². The highest BCUT2D eigenvalue weighted by Gasteiger charge is 2.44. The van der Waals surface area contributed by atoms with Crippen molar-refractivity contribution in [3.63, 3.8) is 0 Å². The van der Waals surface area contributed by atoms with E-state index in [0.717, 1.165) is 27.8 Å². The third kappa shape index (κ3) is 3.85. The minimum absolute atomic E-state index is 0.0872. The van der Waals surface area contributed by atoms with E-state index in [1.807, 2.05) is 54.6 Å². The first-order valence-electron chi connectivity index (χ1n) is 10.5. The van der Waals surface area contributed by atoms with Gasteiger partial charge in [-0.2, -0.15) is 0 Å². The summed E-state index contributed by atoms with van der Waals surface area (Å²) in [4.78, 5) is 12.4. The van der Waals surface area contributed by atoms with Gasteiger partial charge in [0.05, 0.1) is 5.54 Å². The summed E-state index contributed by atoms with van der Waals surface area (Å²) in [6, 6.07) is 30.5. The molecule has 3 heteroatoms. The highest BCUT2D eigenvalue weighted by atomic mass is 16.5. The van der Waals surface area contributed by atoms with Crippen molar-refractivity contribution in [3.05, 3.63) is 120 Å². The Kier molecular flexibility index (Phi) is 5.62. The van der Waals surface area contributed by atoms with Crippen molar-refractivity contribution in [2.75, 3.05) is 7.11 Å². The van der Waals surface area contributed by atoms with Crippen LogP contribution in [0.4, 0.5) is 0 Å². The van der Waals surface area contributed by atoms with Gasteiger partial charge in [-0.1, -0.05) is 91.0 Å². The summed E-state index contributed by atoms with van der Waals surface area (Å²) in [6.45, 7) is 3.63. The SMILES string of the molecule is COC1(c2ccccc2)C=C(c2ccccc2)C(C)(NC(C)=O)C(c2ccccc2)=C1. The second-order valence-electron chi connectivity index (χ2n) is 8.02. The van der Waals surface area contributed by atoms with E-state index in [0.29, 0.717) is 0 Å². The maximum Gasteiger partial charge on any atom is 0.217 e. The largest absolute Gasteiger partial charge is 0.365 e. The van der Waals surface area contributed by atoms with Crippen LogP contribution in [-0.4, -0.2) is 18.6 Å². The number of carbonyl (C=O) groups is 1. The smallest absolute Gasteiger partial charge is 0.217 e. The van der Waals surface area contributed by atoms with Gasteiger partial charge in [0.2, 0.25) is 5.91 Å². The normalized spacial score (nSPS) is 22.9. The number of amides is 1. The van der Waals surface area contributed by atoms with Crippen LogP contribution >= 0.6 is 0 Å². The Morgan fingerprint density at radius 2 is 1.16 bits per heavy atom. The van der Waals surface area contributed by atoms with Crippen LogP contribution in [0.25, 0.3) is 11.1 Å². The molecule has 31 heavy (non-hydrogen) atoms. The van der Waals surface area contributed by atoms with E-state index in [1.54, 1.807) is 14.0 Å². The van der Waals surface area contributed by atoms with Gasteiger partial charge < -0.3 is 10.1 Å². The predicted octanol–water partition coefficient (Wildman–Crippen LogP) is 5.60. The van der Waals surface area contributed by atoms with Crippen molar-refractivity contribution in [2.45, 2.75) is 25.0 Å². The van der Waals surface area contributed by atoms with Gasteiger partial charge in [-0.3, -0.25) is 4.79 Å². The predicted molar refractivity (Wildman–Crippen MR) is 126 cm³/mol. The average Bonchev–Trinajstić information content (AvgIpc) is 2.80. The van der Waals surface area contributed by atoms with E-state index >= 15 is 0 Å². The summed E-state index contributed by atoms with van der Waals surface area (Å²) in [7, 11) is 1.73. The quantitative estimate of drug-likeness (QED) is 0.595. The minimum atomic E-state index is -0.768. The zero-order chi connectivity index (χ0) is 21.9. The highest BCUT2D eigenvalue weighted by molar-refractivity contribution is 5.97. The Bertz CT molecular complexity index is 1060. The summed E-state index contributed by atoms with van der Waals surface area (Å²) in [6.07, 6.45) is 4.28. The number of methoxy groups -OCH3 is 1. The fourth-order valence-corrected chi connectivity index (χ4v) is 4.47. The molecule has 1 aliphatic carbocycles. The Balaban J connectivity index is 2.05. The van der Waals surface area contributed by atoms with Crippen LogP contribution in [-0.2, 0) is 15.1 Å². The molecule has 0 saturated carbocycles. The van der Waals surface area contributed by atoms with Crippen LogP contribution < -0.4 is 5.32 Å². The first kappa shape index (κ1) is 20.8. The summed E-state index contributed by atoms with van der Waals surface area (Å²) in [5.41, 5.74) is 3.60. The molecule has 0 heterocycles. The number of hydrogen-bond donors (Lipinski definition) is 1. The van der Waals surface area contributed by atoms with Crippen LogP contribution in [0.2, 0.25) is 0 Å². The second kappa shape index (κ2) is 8.37. The fourth-order valence-electron chi connectivity index (χ4n) is 4.47. The van der Waals surface area contributed by atoms with Gasteiger partial charge in [-0.05, 0) is 46.9 Å². The molecule has 156 valence electrons. The van der Waals surface area contributed by atoms with Crippen molar-refractivity contribution in [2.24, 2.45) is 0 Å². The number of carbonyl (C=O) groups excluding carboxylic acids is 1. The Hall–Kier alpha value is -3.43. The van der Waals surface area contributed by atoms with Crippen LogP contribution in [0.1, 0.15) is 30.5 Å². The molecule has 0 unspecified atom stereocenters. The first-order chi connectivity index (χ1) is 15.0. The summed E-state index contributed by atoms with van der Waals surface area (Å²) < 4.78 is 6.20. The van der Waals surface area contributed by atoms with Gasteiger partial charge in [0, 0.05) is 14.0 Å². The molecular weight excluding hydrogens is 382 g/mol. The summed E-state index contributed by atoms with van der Waals surface area (Å²) >= 11 is 0. The van der Waals surface area contributed by atoms with E-state index in [4.69, 9.17) is 4.74 Å². The third-order valence-electron chi connectivity index (χ3n) is 5.95. The molecule has 3 aromatic carbocycles. The summed E-state index contributed by atoms with van der Waals surface area (Å²) in [5, 5.41) is 3.24. The minimum Gasteiger partial charge on any atom is -0.365 e. The Labute approximate surface area is 184 Å². The Morgan fingerprint density at radius 3 is 1.55 bits per heavy atom. The van der Waals surface area contributed by atoms with E-state index in [1.165, 1.54) is 0 Å². The number of ether oxygens (including phenoxy) is 1. The zero-order valence-electron chi connectivity index (χ0n) is 18.1. The molecular formula is C28H27NO2. The molecule has 1 N–H and O–H groups in total. The molecule has 0 aromatic heterocycles. The molecule has 0 radical (unpaired) electrons. The van der Waals surface area contributed by atoms with Crippen LogP contribution in [0.5, 0.6) is 0 Å². The van der Waals surface area contributed by atoms with Gasteiger partial charge >= 0.3 is 0 Å². The van der Waals surface area contributed by atoms with Gasteiger partial charge in [0.1, 0.15) is 5.60 Å². The maximum atomic E-state index is 12.4. The van der Waals surface area contributed by atoms with E-state index in [2.05, 4.69) is 60.8 Å². The number of hydrogen-bond acceptors (Lipinski definition) is 2. The van der Waals surface area contributed by atoms with Crippen LogP contribution in [0.3, 0.4) is 0 Å². The number of benzene rings is 3. The van der Waals surface area contributed by atoms with Crippen molar-refractivity contribution < 1.29 is 9.53 Å².